The van der Waals surface area contributed by atoms with Crippen LogP contribution in [0.4, 0.5) is 0 Å². The summed E-state index contributed by atoms with van der Waals surface area (Å²) >= 11 is 0. The molecule has 0 aliphatic rings. The van der Waals surface area contributed by atoms with E-state index in [9.17, 15) is 4.79 Å². The lowest BCUT2D eigenvalue weighted by atomic mass is 10.00. The van der Waals surface area contributed by atoms with Crippen molar-refractivity contribution in [3.63, 3.8) is 0 Å². The van der Waals surface area contributed by atoms with Gasteiger partial charge in [-0.15, -0.1) is 0 Å². The van der Waals surface area contributed by atoms with Crippen molar-refractivity contribution in [3.8, 4) is 16.9 Å². The van der Waals surface area contributed by atoms with Crippen molar-refractivity contribution in [3.05, 3.63) is 53.6 Å². The molecule has 0 fully saturated rings. The van der Waals surface area contributed by atoms with E-state index in [0.29, 0.717) is 5.56 Å². The summed E-state index contributed by atoms with van der Waals surface area (Å²) in [5, 5.41) is 0. The van der Waals surface area contributed by atoms with Gasteiger partial charge in [0.05, 0.1) is 7.11 Å². The van der Waals surface area contributed by atoms with Crippen molar-refractivity contribution in [1.29, 1.82) is 0 Å². The van der Waals surface area contributed by atoms with Gasteiger partial charge in [0.1, 0.15) is 5.75 Å². The molecule has 2 rings (SSSR count). The zero-order chi connectivity index (χ0) is 13.1. The molecule has 0 aliphatic heterocycles. The van der Waals surface area contributed by atoms with Gasteiger partial charge >= 0.3 is 0 Å². The third-order valence-corrected chi connectivity index (χ3v) is 2.79. The van der Waals surface area contributed by atoms with Gasteiger partial charge in [0.15, 0.2) is 0 Å². The van der Waals surface area contributed by atoms with Gasteiger partial charge in [-0.2, -0.15) is 0 Å². The molecule has 0 aliphatic carbocycles. The molecular formula is C15H15NO2. The molecule has 3 heteroatoms. The molecule has 0 radical (unpaired) electrons. The van der Waals surface area contributed by atoms with Crippen LogP contribution < -0.4 is 10.5 Å². The van der Waals surface area contributed by atoms with Gasteiger partial charge in [-0.1, -0.05) is 18.2 Å². The summed E-state index contributed by atoms with van der Waals surface area (Å²) in [5.41, 5.74) is 8.86. The molecule has 1 amide bonds. The average Bonchev–Trinajstić information content (AvgIpc) is 2.38. The van der Waals surface area contributed by atoms with E-state index >= 15 is 0 Å². The maximum Gasteiger partial charge on any atom is 0.248 e. The van der Waals surface area contributed by atoms with Crippen LogP contribution in [0.1, 0.15) is 15.9 Å². The van der Waals surface area contributed by atoms with Crippen molar-refractivity contribution in [2.45, 2.75) is 6.92 Å². The molecule has 0 aromatic heterocycles. The molecule has 0 atom stereocenters. The number of rotatable bonds is 3. The molecule has 0 heterocycles. The number of carbonyl (C=O) groups excluding carboxylic acids is 1. The number of nitrogens with two attached hydrogens (primary N) is 1. The Morgan fingerprint density at radius 3 is 2.28 bits per heavy atom. The quantitative estimate of drug-likeness (QED) is 0.898. The highest BCUT2D eigenvalue weighted by Crippen LogP contribution is 2.24. The fourth-order valence-electron chi connectivity index (χ4n) is 1.88. The van der Waals surface area contributed by atoms with Crippen molar-refractivity contribution >= 4 is 5.91 Å². The van der Waals surface area contributed by atoms with Gasteiger partial charge in [-0.25, -0.2) is 0 Å². The van der Waals surface area contributed by atoms with Crippen LogP contribution in [-0.4, -0.2) is 13.0 Å². The van der Waals surface area contributed by atoms with Crippen molar-refractivity contribution in [2.75, 3.05) is 7.11 Å². The van der Waals surface area contributed by atoms with Crippen LogP contribution in [0.25, 0.3) is 11.1 Å². The summed E-state index contributed by atoms with van der Waals surface area (Å²) in [7, 11) is 1.63. The molecule has 2 aromatic carbocycles. The summed E-state index contributed by atoms with van der Waals surface area (Å²) in [5.74, 6) is 0.398. The molecule has 3 nitrogen and oxygen atoms in total. The summed E-state index contributed by atoms with van der Waals surface area (Å²) in [6, 6.07) is 13.3. The maximum atomic E-state index is 11.2. The minimum absolute atomic E-state index is 0.409. The van der Waals surface area contributed by atoms with Gasteiger partial charge in [0.2, 0.25) is 5.91 Å². The third-order valence-electron chi connectivity index (χ3n) is 2.79. The summed E-state index contributed by atoms with van der Waals surface area (Å²) in [6.07, 6.45) is 0. The smallest absolute Gasteiger partial charge is 0.248 e. The monoisotopic (exact) mass is 241 g/mol. The molecule has 0 bridgehead atoms. The van der Waals surface area contributed by atoms with E-state index in [1.54, 1.807) is 19.2 Å². The fourth-order valence-corrected chi connectivity index (χ4v) is 1.88. The Kier molecular flexibility index (Phi) is 3.33. The molecule has 0 saturated heterocycles. The molecular weight excluding hydrogens is 226 g/mol. The number of hydrogen-bond donors (Lipinski definition) is 1. The third kappa shape index (κ3) is 2.51. The normalized spacial score (nSPS) is 10.1. The first kappa shape index (κ1) is 12.2. The predicted octanol–water partition coefficient (Wildman–Crippen LogP) is 2.77. The number of primary amides is 1. The Labute approximate surface area is 106 Å². The second-order valence-electron chi connectivity index (χ2n) is 4.18. The van der Waals surface area contributed by atoms with Crippen LogP contribution in [0.2, 0.25) is 0 Å². The highest BCUT2D eigenvalue weighted by atomic mass is 16.5. The van der Waals surface area contributed by atoms with Gasteiger partial charge in [-0.05, 0) is 47.9 Å². The molecule has 18 heavy (non-hydrogen) atoms. The number of benzene rings is 2. The van der Waals surface area contributed by atoms with Gasteiger partial charge in [0.25, 0.3) is 0 Å². The number of methoxy groups -OCH3 is 1. The lowest BCUT2D eigenvalue weighted by molar-refractivity contribution is 0.1000. The minimum Gasteiger partial charge on any atom is -0.497 e. The van der Waals surface area contributed by atoms with E-state index in [-0.39, 0.29) is 0 Å². The van der Waals surface area contributed by atoms with E-state index in [4.69, 9.17) is 10.5 Å². The standard InChI is InChI=1S/C15H15NO2/c1-10-7-12(9-13(8-10)15(16)17)11-3-5-14(18-2)6-4-11/h3-9H,1-2H3,(H2,16,17). The highest BCUT2D eigenvalue weighted by Gasteiger charge is 2.05. The van der Waals surface area contributed by atoms with Gasteiger partial charge < -0.3 is 10.5 Å². The molecule has 2 aromatic rings. The molecule has 0 saturated carbocycles. The largest absolute Gasteiger partial charge is 0.497 e. The fraction of sp³-hybridized carbons (Fsp3) is 0.133. The number of amides is 1. The minimum atomic E-state index is -0.409. The van der Waals surface area contributed by atoms with Crippen LogP contribution >= 0.6 is 0 Å². The van der Waals surface area contributed by atoms with E-state index < -0.39 is 5.91 Å². The van der Waals surface area contributed by atoms with E-state index in [1.165, 1.54) is 0 Å². The number of hydrogen-bond acceptors (Lipinski definition) is 2. The number of carbonyl (C=O) groups is 1. The van der Waals surface area contributed by atoms with Crippen LogP contribution in [0.5, 0.6) is 5.75 Å². The first-order valence-electron chi connectivity index (χ1n) is 5.66. The van der Waals surface area contributed by atoms with Gasteiger partial charge in [0, 0.05) is 5.56 Å². The molecule has 92 valence electrons. The second-order valence-corrected chi connectivity index (χ2v) is 4.18. The van der Waals surface area contributed by atoms with Crippen LogP contribution in [-0.2, 0) is 0 Å². The van der Waals surface area contributed by atoms with E-state index in [1.807, 2.05) is 37.3 Å². The number of ether oxygens (including phenoxy) is 1. The Morgan fingerprint density at radius 1 is 1.06 bits per heavy atom. The second kappa shape index (κ2) is 4.92. The first-order valence-corrected chi connectivity index (χ1v) is 5.66. The highest BCUT2D eigenvalue weighted by molar-refractivity contribution is 5.94. The Balaban J connectivity index is 2.46. The van der Waals surface area contributed by atoms with E-state index in [2.05, 4.69) is 0 Å². The van der Waals surface area contributed by atoms with Crippen LogP contribution in [0.3, 0.4) is 0 Å². The SMILES string of the molecule is COc1ccc(-c2cc(C)cc(C(N)=O)c2)cc1. The van der Waals surface area contributed by atoms with Crippen LogP contribution in [0.15, 0.2) is 42.5 Å². The maximum absolute atomic E-state index is 11.2. The summed E-state index contributed by atoms with van der Waals surface area (Å²) < 4.78 is 5.12. The van der Waals surface area contributed by atoms with Crippen molar-refractivity contribution < 1.29 is 9.53 Å². The lowest BCUT2D eigenvalue weighted by Gasteiger charge is -2.07. The van der Waals surface area contributed by atoms with Crippen molar-refractivity contribution in [1.82, 2.24) is 0 Å². The molecule has 2 N–H and O–H groups in total. The first-order chi connectivity index (χ1) is 8.60. The van der Waals surface area contributed by atoms with E-state index in [0.717, 1.165) is 22.4 Å². The zero-order valence-corrected chi connectivity index (χ0v) is 10.4. The molecule has 0 spiro atoms. The predicted molar refractivity (Wildman–Crippen MR) is 71.7 cm³/mol. The van der Waals surface area contributed by atoms with Crippen LogP contribution in [0, 0.1) is 6.92 Å². The lowest BCUT2D eigenvalue weighted by Crippen LogP contribution is -2.11. The Morgan fingerprint density at radius 2 is 1.72 bits per heavy atom. The Hall–Kier alpha value is -2.29. The zero-order valence-electron chi connectivity index (χ0n) is 10.4. The summed E-state index contributed by atoms with van der Waals surface area (Å²) in [6.45, 7) is 1.94. The Bertz CT molecular complexity index is 574. The average molecular weight is 241 g/mol. The van der Waals surface area contributed by atoms with Crippen molar-refractivity contribution in [2.24, 2.45) is 5.73 Å². The topological polar surface area (TPSA) is 52.3 Å². The van der Waals surface area contributed by atoms with Gasteiger partial charge in [-0.3, -0.25) is 4.79 Å². The number of aryl methyl sites for hydroxylation is 1. The molecule has 0 unspecified atom stereocenters. The summed E-state index contributed by atoms with van der Waals surface area (Å²) in [4.78, 5) is 11.2.